The van der Waals surface area contributed by atoms with Crippen LogP contribution in [0.4, 0.5) is 5.69 Å². The van der Waals surface area contributed by atoms with E-state index in [2.05, 4.69) is 10.0 Å². The highest BCUT2D eigenvalue weighted by atomic mass is 32.2. The maximum atomic E-state index is 12.8. The van der Waals surface area contributed by atoms with Crippen LogP contribution in [0.25, 0.3) is 0 Å². The molecule has 1 atom stereocenters. The monoisotopic (exact) mass is 406 g/mol. The number of hydrogen-bond acceptors (Lipinski definition) is 6. The first kappa shape index (κ1) is 18.0. The van der Waals surface area contributed by atoms with Crippen LogP contribution in [-0.2, 0) is 27.7 Å². The van der Waals surface area contributed by atoms with Gasteiger partial charge in [-0.2, -0.15) is 0 Å². The molecule has 2 aromatic rings. The lowest BCUT2D eigenvalue weighted by atomic mass is 10.1. The van der Waals surface area contributed by atoms with Crippen LogP contribution in [0, 0.1) is 6.92 Å². The lowest BCUT2D eigenvalue weighted by molar-refractivity contribution is -0.122. The van der Waals surface area contributed by atoms with E-state index in [9.17, 15) is 18.0 Å². The van der Waals surface area contributed by atoms with Crippen LogP contribution >= 0.6 is 11.3 Å². The predicted octanol–water partition coefficient (Wildman–Crippen LogP) is 2.38. The number of nitrogens with one attached hydrogen (secondary N) is 2. The Morgan fingerprint density at radius 2 is 2.07 bits per heavy atom. The number of hydrogen-bond donors (Lipinski definition) is 2. The molecule has 7 nitrogen and oxygen atoms in total. The van der Waals surface area contributed by atoms with E-state index in [-0.39, 0.29) is 16.6 Å². The van der Waals surface area contributed by atoms with Crippen LogP contribution in [0.3, 0.4) is 0 Å². The fourth-order valence-electron chi connectivity index (χ4n) is 3.30. The Hall–Kier alpha value is -2.39. The molecule has 2 heterocycles. The molecule has 1 aromatic heterocycles. The van der Waals surface area contributed by atoms with E-state index in [1.54, 1.807) is 19.9 Å². The zero-order chi connectivity index (χ0) is 19.3. The molecule has 4 rings (SSSR count). The average molecular weight is 406 g/mol. The van der Waals surface area contributed by atoms with Crippen molar-refractivity contribution in [2.75, 3.05) is 5.32 Å². The smallest absolute Gasteiger partial charge is 0.275 e. The number of benzene rings is 1. The maximum absolute atomic E-state index is 12.8. The van der Waals surface area contributed by atoms with E-state index in [0.29, 0.717) is 16.1 Å². The van der Waals surface area contributed by atoms with E-state index in [4.69, 9.17) is 4.74 Å². The Morgan fingerprint density at radius 3 is 2.81 bits per heavy atom. The van der Waals surface area contributed by atoms with Gasteiger partial charge in [-0.15, -0.1) is 11.3 Å². The number of thiophene rings is 1. The average Bonchev–Trinajstić information content (AvgIpc) is 3.17. The van der Waals surface area contributed by atoms with E-state index in [1.807, 2.05) is 0 Å². The highest BCUT2D eigenvalue weighted by Gasteiger charge is 2.29. The third-order valence-electron chi connectivity index (χ3n) is 4.69. The van der Waals surface area contributed by atoms with E-state index in [0.717, 1.165) is 29.7 Å². The van der Waals surface area contributed by atoms with Gasteiger partial charge in [0.05, 0.1) is 15.5 Å². The summed E-state index contributed by atoms with van der Waals surface area (Å²) in [5.74, 6) is -0.665. The summed E-state index contributed by atoms with van der Waals surface area (Å²) < 4.78 is 33.2. The van der Waals surface area contributed by atoms with E-state index < -0.39 is 22.0 Å². The van der Waals surface area contributed by atoms with E-state index in [1.165, 1.54) is 23.5 Å². The molecule has 0 fully saturated rings. The van der Waals surface area contributed by atoms with E-state index >= 15 is 0 Å². The van der Waals surface area contributed by atoms with Crippen molar-refractivity contribution in [3.8, 4) is 5.75 Å². The molecular formula is C18H18N2O5S2. The normalized spacial score (nSPS) is 18.3. The fourth-order valence-corrected chi connectivity index (χ4v) is 5.72. The summed E-state index contributed by atoms with van der Waals surface area (Å²) in [5, 5.41) is 2.67. The van der Waals surface area contributed by atoms with Crippen LogP contribution in [0.1, 0.15) is 39.0 Å². The molecule has 0 saturated heterocycles. The van der Waals surface area contributed by atoms with Crippen LogP contribution < -0.4 is 14.8 Å². The molecule has 27 heavy (non-hydrogen) atoms. The topological polar surface area (TPSA) is 102 Å². The first-order chi connectivity index (χ1) is 12.7. The number of rotatable bonds is 3. The number of anilines is 1. The number of carbonyl (C=O) groups excluding carboxylic acids is 2. The van der Waals surface area contributed by atoms with Crippen LogP contribution in [0.15, 0.2) is 23.1 Å². The Bertz CT molecular complexity index is 1050. The molecule has 2 aliphatic rings. The summed E-state index contributed by atoms with van der Waals surface area (Å²) in [4.78, 5) is 25.7. The van der Waals surface area contributed by atoms with Gasteiger partial charge >= 0.3 is 0 Å². The third kappa shape index (κ3) is 3.21. The minimum absolute atomic E-state index is 0.0537. The fraction of sp³-hybridized carbons (Fsp3) is 0.333. The van der Waals surface area contributed by atoms with Gasteiger partial charge < -0.3 is 10.1 Å². The Kier molecular flexibility index (Phi) is 4.23. The molecule has 0 radical (unpaired) electrons. The van der Waals surface area contributed by atoms with Crippen molar-refractivity contribution in [1.29, 1.82) is 0 Å². The standard InChI is InChI=1S/C18H18N2O5S2/c1-9-6-12-13(25-10(2)17(21)19-12)8-16(9)27(23,24)20-18(22)15-7-11-4-3-5-14(11)26-15/h6-8,10H,3-5H2,1-2H3,(H,19,21)(H,20,22)/t10-/m0/s1. The summed E-state index contributed by atoms with van der Waals surface area (Å²) in [5.41, 5.74) is 1.95. The minimum atomic E-state index is -4.08. The molecule has 9 heteroatoms. The molecule has 2 N–H and O–H groups in total. The van der Waals surface area contributed by atoms with Gasteiger partial charge in [-0.3, -0.25) is 9.59 Å². The largest absolute Gasteiger partial charge is 0.479 e. The predicted molar refractivity (Wildman–Crippen MR) is 101 cm³/mol. The SMILES string of the molecule is Cc1cc2c(cc1S(=O)(=O)NC(=O)c1cc3c(s1)CCC3)O[C@@H](C)C(=O)N2. The molecule has 0 bridgehead atoms. The van der Waals surface area contributed by atoms with Crippen LogP contribution in [0.5, 0.6) is 5.75 Å². The van der Waals surface area contributed by atoms with Crippen molar-refractivity contribution >= 4 is 38.9 Å². The van der Waals surface area contributed by atoms with Gasteiger partial charge in [0.1, 0.15) is 5.75 Å². The number of ether oxygens (including phenoxy) is 1. The first-order valence-corrected chi connectivity index (χ1v) is 10.9. The lowest BCUT2D eigenvalue weighted by Crippen LogP contribution is -2.35. The summed E-state index contributed by atoms with van der Waals surface area (Å²) in [6.07, 6.45) is 2.21. The molecule has 0 spiro atoms. The second kappa shape index (κ2) is 6.35. The van der Waals surface area contributed by atoms with Gasteiger partial charge in [0.2, 0.25) is 0 Å². The number of aryl methyl sites for hydroxylation is 3. The van der Waals surface area contributed by atoms with Gasteiger partial charge in [0.25, 0.3) is 21.8 Å². The zero-order valence-corrected chi connectivity index (χ0v) is 16.4. The minimum Gasteiger partial charge on any atom is -0.479 e. The first-order valence-electron chi connectivity index (χ1n) is 8.55. The second-order valence-electron chi connectivity index (χ2n) is 6.71. The van der Waals surface area contributed by atoms with Gasteiger partial charge in [-0.1, -0.05) is 0 Å². The van der Waals surface area contributed by atoms with Gasteiger partial charge in [-0.05, 0) is 56.4 Å². The van der Waals surface area contributed by atoms with Crippen LogP contribution in [0.2, 0.25) is 0 Å². The summed E-state index contributed by atoms with van der Waals surface area (Å²) in [7, 11) is -4.08. The Balaban J connectivity index is 1.62. The second-order valence-corrected chi connectivity index (χ2v) is 9.50. The number of sulfonamides is 1. The van der Waals surface area contributed by atoms with Crippen molar-refractivity contribution in [3.63, 3.8) is 0 Å². The van der Waals surface area contributed by atoms with Crippen molar-refractivity contribution in [2.24, 2.45) is 0 Å². The molecule has 0 unspecified atom stereocenters. The Labute approximate surface area is 160 Å². The van der Waals surface area contributed by atoms with Gasteiger partial charge in [0.15, 0.2) is 6.10 Å². The lowest BCUT2D eigenvalue weighted by Gasteiger charge is -2.24. The zero-order valence-electron chi connectivity index (χ0n) is 14.8. The summed E-state index contributed by atoms with van der Waals surface area (Å²) in [6.45, 7) is 3.17. The molecule has 142 valence electrons. The molecule has 2 amide bonds. The highest BCUT2D eigenvalue weighted by molar-refractivity contribution is 7.90. The van der Waals surface area contributed by atoms with Crippen molar-refractivity contribution in [3.05, 3.63) is 39.1 Å². The maximum Gasteiger partial charge on any atom is 0.275 e. The molecule has 0 saturated carbocycles. The van der Waals surface area contributed by atoms with Crippen molar-refractivity contribution in [1.82, 2.24) is 4.72 Å². The van der Waals surface area contributed by atoms with Gasteiger partial charge in [-0.25, -0.2) is 13.1 Å². The van der Waals surface area contributed by atoms with Crippen molar-refractivity contribution < 1.29 is 22.7 Å². The quantitative estimate of drug-likeness (QED) is 0.815. The third-order valence-corrected chi connectivity index (χ3v) is 7.40. The number of carbonyl (C=O) groups is 2. The molecular weight excluding hydrogens is 388 g/mol. The molecule has 1 aromatic carbocycles. The summed E-state index contributed by atoms with van der Waals surface area (Å²) in [6, 6.07) is 4.64. The summed E-state index contributed by atoms with van der Waals surface area (Å²) >= 11 is 1.34. The molecule has 1 aliphatic carbocycles. The van der Waals surface area contributed by atoms with Crippen molar-refractivity contribution in [2.45, 2.75) is 44.1 Å². The Morgan fingerprint density at radius 1 is 1.30 bits per heavy atom. The number of amides is 2. The highest BCUT2D eigenvalue weighted by Crippen LogP contribution is 2.35. The molecule has 1 aliphatic heterocycles. The van der Waals surface area contributed by atoms with Gasteiger partial charge in [0, 0.05) is 10.9 Å². The number of fused-ring (bicyclic) bond motifs is 2. The van der Waals surface area contributed by atoms with Crippen LogP contribution in [-0.4, -0.2) is 26.3 Å².